The maximum atomic E-state index is 4.40. The largest absolute Gasteiger partial charge is 0.319 e. The molecular weight excluding hydrogens is 224 g/mol. The van der Waals surface area contributed by atoms with Crippen molar-refractivity contribution in [1.29, 1.82) is 0 Å². The van der Waals surface area contributed by atoms with E-state index in [0.29, 0.717) is 6.04 Å². The number of nitrogens with one attached hydrogen (secondary N) is 1. The van der Waals surface area contributed by atoms with Crippen LogP contribution in [-0.4, -0.2) is 28.6 Å². The summed E-state index contributed by atoms with van der Waals surface area (Å²) in [4.78, 5) is 0. The van der Waals surface area contributed by atoms with Crippen molar-refractivity contribution in [3.63, 3.8) is 0 Å². The molecule has 0 radical (unpaired) electrons. The lowest BCUT2D eigenvalue weighted by atomic mass is 10.0. The van der Waals surface area contributed by atoms with Gasteiger partial charge in [-0.15, -0.1) is 5.10 Å². The number of rotatable bonds is 3. The normalized spacial score (nSPS) is 30.6. The highest BCUT2D eigenvalue weighted by Gasteiger charge is 2.48. The first-order valence-electron chi connectivity index (χ1n) is 7.30. The van der Waals surface area contributed by atoms with Crippen molar-refractivity contribution in [1.82, 2.24) is 20.3 Å². The summed E-state index contributed by atoms with van der Waals surface area (Å²) >= 11 is 0. The number of hydrogen-bond donors (Lipinski definition) is 1. The van der Waals surface area contributed by atoms with Crippen LogP contribution in [0.3, 0.4) is 0 Å². The molecule has 0 saturated heterocycles. The lowest BCUT2D eigenvalue weighted by molar-refractivity contribution is 0.480. The Morgan fingerprint density at radius 1 is 1.28 bits per heavy atom. The van der Waals surface area contributed by atoms with Crippen molar-refractivity contribution in [2.45, 2.75) is 45.6 Å². The van der Waals surface area contributed by atoms with Gasteiger partial charge in [0.25, 0.3) is 0 Å². The maximum Gasteiger partial charge on any atom is 0.0859 e. The zero-order valence-electron chi connectivity index (χ0n) is 11.7. The van der Waals surface area contributed by atoms with E-state index in [2.05, 4.69) is 41.2 Å². The van der Waals surface area contributed by atoms with Crippen LogP contribution in [0.25, 0.3) is 0 Å². The molecule has 1 heterocycles. The molecule has 0 aromatic carbocycles. The fourth-order valence-electron chi connectivity index (χ4n) is 3.74. The summed E-state index contributed by atoms with van der Waals surface area (Å²) in [5.74, 6) is 2.80. The molecule has 4 nitrogen and oxygen atoms in total. The minimum Gasteiger partial charge on any atom is -0.319 e. The highest BCUT2D eigenvalue weighted by molar-refractivity contribution is 5.15. The molecule has 1 N–H and O–H groups in total. The van der Waals surface area contributed by atoms with Gasteiger partial charge in [-0.25, -0.2) is 4.68 Å². The molecule has 3 rings (SSSR count). The molecule has 1 saturated carbocycles. The van der Waals surface area contributed by atoms with Crippen molar-refractivity contribution < 1.29 is 0 Å². The SMILES string of the molecule is CNC[C@@H]1[C@@H]2CCc3c(nnn3C(C)C)CC[C@@H]21. The molecule has 2 aliphatic carbocycles. The standard InChI is InChI=1S/C14H24N4/c1-9(2)18-14-7-5-11-10(12(11)8-15-3)4-6-13(14)16-17-18/h9-12,15H,4-8H2,1-3H3/t10-,11+,12-/m0/s1. The molecule has 0 amide bonds. The summed E-state index contributed by atoms with van der Waals surface area (Å²) in [6, 6.07) is 0.434. The summed E-state index contributed by atoms with van der Waals surface area (Å²) < 4.78 is 2.13. The molecule has 4 heteroatoms. The van der Waals surface area contributed by atoms with E-state index in [-0.39, 0.29) is 0 Å². The maximum absolute atomic E-state index is 4.40. The van der Waals surface area contributed by atoms with Crippen LogP contribution < -0.4 is 5.32 Å². The molecule has 0 unspecified atom stereocenters. The van der Waals surface area contributed by atoms with Crippen molar-refractivity contribution in [3.05, 3.63) is 11.4 Å². The van der Waals surface area contributed by atoms with E-state index < -0.39 is 0 Å². The summed E-state index contributed by atoms with van der Waals surface area (Å²) in [6.07, 6.45) is 4.93. The van der Waals surface area contributed by atoms with Crippen molar-refractivity contribution in [2.24, 2.45) is 17.8 Å². The van der Waals surface area contributed by atoms with Gasteiger partial charge in [0.2, 0.25) is 0 Å². The second kappa shape index (κ2) is 4.65. The van der Waals surface area contributed by atoms with E-state index >= 15 is 0 Å². The highest BCUT2D eigenvalue weighted by atomic mass is 15.4. The summed E-state index contributed by atoms with van der Waals surface area (Å²) in [6.45, 7) is 5.57. The molecule has 1 fully saturated rings. The van der Waals surface area contributed by atoms with Gasteiger partial charge in [0.1, 0.15) is 0 Å². The summed E-state index contributed by atoms with van der Waals surface area (Å²) in [5.41, 5.74) is 2.66. The van der Waals surface area contributed by atoms with Gasteiger partial charge in [-0.2, -0.15) is 0 Å². The zero-order chi connectivity index (χ0) is 12.7. The first-order chi connectivity index (χ1) is 8.72. The van der Waals surface area contributed by atoms with Gasteiger partial charge in [-0.1, -0.05) is 5.21 Å². The second-order valence-electron chi connectivity index (χ2n) is 6.15. The summed E-state index contributed by atoms with van der Waals surface area (Å²) in [5, 5.41) is 12.1. The third-order valence-electron chi connectivity index (χ3n) is 4.74. The molecule has 1 aromatic rings. The van der Waals surface area contributed by atoms with Crippen molar-refractivity contribution >= 4 is 0 Å². The van der Waals surface area contributed by atoms with E-state index in [9.17, 15) is 0 Å². The molecule has 100 valence electrons. The number of aryl methyl sites for hydroxylation is 1. The predicted octanol–water partition coefficient (Wildman–Crippen LogP) is 1.82. The van der Waals surface area contributed by atoms with Gasteiger partial charge in [0, 0.05) is 6.04 Å². The molecule has 0 spiro atoms. The van der Waals surface area contributed by atoms with E-state index in [4.69, 9.17) is 0 Å². The Balaban J connectivity index is 1.75. The van der Waals surface area contributed by atoms with E-state index in [1.807, 2.05) is 0 Å². The molecule has 0 bridgehead atoms. The highest BCUT2D eigenvalue weighted by Crippen LogP contribution is 2.52. The van der Waals surface area contributed by atoms with Crippen LogP contribution in [0.15, 0.2) is 0 Å². The average molecular weight is 248 g/mol. The topological polar surface area (TPSA) is 42.7 Å². The molecule has 0 aliphatic heterocycles. The Morgan fingerprint density at radius 3 is 2.67 bits per heavy atom. The number of fused-ring (bicyclic) bond motifs is 2. The third kappa shape index (κ3) is 1.96. The Kier molecular flexibility index (Phi) is 3.14. The number of hydrogen-bond acceptors (Lipinski definition) is 3. The van der Waals surface area contributed by atoms with E-state index in [0.717, 1.165) is 24.2 Å². The first kappa shape index (κ1) is 12.2. The Morgan fingerprint density at radius 2 is 2.00 bits per heavy atom. The van der Waals surface area contributed by atoms with Crippen LogP contribution in [0.2, 0.25) is 0 Å². The quantitative estimate of drug-likeness (QED) is 0.887. The minimum atomic E-state index is 0.434. The van der Waals surface area contributed by atoms with Crippen LogP contribution in [0.1, 0.15) is 44.1 Å². The van der Waals surface area contributed by atoms with Gasteiger partial charge < -0.3 is 5.32 Å². The van der Waals surface area contributed by atoms with Crippen LogP contribution in [0.4, 0.5) is 0 Å². The summed E-state index contributed by atoms with van der Waals surface area (Å²) in [7, 11) is 2.07. The number of nitrogens with zero attached hydrogens (tertiary/aromatic N) is 3. The predicted molar refractivity (Wildman–Crippen MR) is 71.4 cm³/mol. The van der Waals surface area contributed by atoms with Gasteiger partial charge in [0.15, 0.2) is 0 Å². The van der Waals surface area contributed by atoms with Crippen molar-refractivity contribution in [3.8, 4) is 0 Å². The second-order valence-corrected chi connectivity index (χ2v) is 6.15. The smallest absolute Gasteiger partial charge is 0.0859 e. The van der Waals surface area contributed by atoms with Crippen LogP contribution >= 0.6 is 0 Å². The third-order valence-corrected chi connectivity index (χ3v) is 4.74. The fraction of sp³-hybridized carbons (Fsp3) is 0.857. The first-order valence-corrected chi connectivity index (χ1v) is 7.30. The molecule has 2 aliphatic rings. The molecular formula is C14H24N4. The van der Waals surface area contributed by atoms with Gasteiger partial charge in [0.05, 0.1) is 11.4 Å². The van der Waals surface area contributed by atoms with E-state index in [1.54, 1.807) is 0 Å². The Hall–Kier alpha value is -0.900. The van der Waals surface area contributed by atoms with Crippen LogP contribution in [0, 0.1) is 17.8 Å². The molecule has 1 aromatic heterocycles. The lowest BCUT2D eigenvalue weighted by Gasteiger charge is -2.12. The number of aromatic nitrogens is 3. The van der Waals surface area contributed by atoms with E-state index in [1.165, 1.54) is 37.2 Å². The Labute approximate surface area is 109 Å². The average Bonchev–Trinajstić information content (AvgIpc) is 2.79. The molecule has 3 atom stereocenters. The fourth-order valence-corrected chi connectivity index (χ4v) is 3.74. The van der Waals surface area contributed by atoms with Gasteiger partial charge >= 0.3 is 0 Å². The Bertz CT molecular complexity index is 423. The van der Waals surface area contributed by atoms with Crippen LogP contribution in [-0.2, 0) is 12.8 Å². The monoisotopic (exact) mass is 248 g/mol. The van der Waals surface area contributed by atoms with Crippen LogP contribution in [0.5, 0.6) is 0 Å². The zero-order valence-corrected chi connectivity index (χ0v) is 11.7. The lowest BCUT2D eigenvalue weighted by Crippen LogP contribution is -2.11. The minimum absolute atomic E-state index is 0.434. The van der Waals surface area contributed by atoms with Gasteiger partial charge in [-0.3, -0.25) is 0 Å². The molecule has 18 heavy (non-hydrogen) atoms. The van der Waals surface area contributed by atoms with Gasteiger partial charge in [-0.05, 0) is 70.9 Å². The van der Waals surface area contributed by atoms with Crippen molar-refractivity contribution in [2.75, 3.05) is 13.6 Å².